The number of rotatable bonds is 6. The van der Waals surface area contributed by atoms with Gasteiger partial charge in [0.2, 0.25) is 0 Å². The second-order valence-electron chi connectivity index (χ2n) is 5.95. The number of amides is 2. The number of anilines is 1. The van der Waals surface area contributed by atoms with Gasteiger partial charge in [-0.05, 0) is 37.1 Å². The number of aromatic amines is 1. The van der Waals surface area contributed by atoms with Crippen molar-refractivity contribution in [2.45, 2.75) is 26.7 Å². The average Bonchev–Trinajstić information content (AvgIpc) is 2.98. The average molecular weight is 392 g/mol. The van der Waals surface area contributed by atoms with Gasteiger partial charge in [-0.15, -0.1) is 0 Å². The van der Waals surface area contributed by atoms with E-state index in [9.17, 15) is 14.4 Å². The monoisotopic (exact) mass is 391 g/mol. The maximum absolute atomic E-state index is 12.8. The van der Waals surface area contributed by atoms with Crippen molar-refractivity contribution in [3.63, 3.8) is 0 Å². The predicted octanol–water partition coefficient (Wildman–Crippen LogP) is 3.33. The van der Waals surface area contributed by atoms with Gasteiger partial charge >= 0.3 is 5.97 Å². The van der Waals surface area contributed by atoms with E-state index in [0.29, 0.717) is 34.6 Å². The molecule has 27 heavy (non-hydrogen) atoms. The Morgan fingerprint density at radius 3 is 2.52 bits per heavy atom. The highest BCUT2D eigenvalue weighted by molar-refractivity contribution is 6.34. The maximum atomic E-state index is 12.8. The number of carbonyl (C=O) groups excluding carboxylic acids is 3. The molecule has 3 N–H and O–H groups in total. The Kier molecular flexibility index (Phi) is 6.63. The fourth-order valence-corrected chi connectivity index (χ4v) is 3.06. The van der Waals surface area contributed by atoms with Crippen molar-refractivity contribution in [2.24, 2.45) is 0 Å². The SMILES string of the molecule is CCCc1c(C(=O)Nc2ccc(Cl)c(C(=O)NC)c2)[nH]c(C)c1C(=O)OC. The van der Waals surface area contributed by atoms with Crippen LogP contribution < -0.4 is 10.6 Å². The first-order chi connectivity index (χ1) is 12.8. The van der Waals surface area contributed by atoms with Crippen molar-refractivity contribution in [2.75, 3.05) is 19.5 Å². The summed E-state index contributed by atoms with van der Waals surface area (Å²) in [7, 11) is 2.80. The van der Waals surface area contributed by atoms with Crippen molar-refractivity contribution in [3.8, 4) is 0 Å². The second-order valence-corrected chi connectivity index (χ2v) is 6.36. The molecule has 0 saturated heterocycles. The van der Waals surface area contributed by atoms with E-state index in [1.54, 1.807) is 13.0 Å². The molecule has 0 aliphatic carbocycles. The minimum absolute atomic E-state index is 0.253. The van der Waals surface area contributed by atoms with Crippen LogP contribution >= 0.6 is 11.6 Å². The van der Waals surface area contributed by atoms with Gasteiger partial charge in [-0.25, -0.2) is 4.79 Å². The molecule has 0 fully saturated rings. The number of carbonyl (C=O) groups is 3. The highest BCUT2D eigenvalue weighted by Gasteiger charge is 2.25. The standard InChI is InChI=1S/C19H22ClN3O4/c1-5-6-12-15(19(26)27-4)10(2)22-16(12)18(25)23-11-7-8-14(20)13(9-11)17(24)21-3/h7-9,22H,5-6H2,1-4H3,(H,21,24)(H,23,25). The Morgan fingerprint density at radius 2 is 1.93 bits per heavy atom. The molecule has 0 aliphatic rings. The smallest absolute Gasteiger partial charge is 0.339 e. The zero-order chi connectivity index (χ0) is 20.1. The highest BCUT2D eigenvalue weighted by Crippen LogP contribution is 2.24. The summed E-state index contributed by atoms with van der Waals surface area (Å²) < 4.78 is 4.83. The first-order valence-corrected chi connectivity index (χ1v) is 8.84. The Balaban J connectivity index is 2.39. The van der Waals surface area contributed by atoms with E-state index < -0.39 is 11.9 Å². The van der Waals surface area contributed by atoms with Crippen LogP contribution in [0.4, 0.5) is 5.69 Å². The summed E-state index contributed by atoms with van der Waals surface area (Å²) in [5.41, 5.74) is 2.52. The van der Waals surface area contributed by atoms with E-state index in [2.05, 4.69) is 15.6 Å². The normalized spacial score (nSPS) is 10.4. The molecular formula is C19H22ClN3O4. The highest BCUT2D eigenvalue weighted by atomic mass is 35.5. The molecule has 0 unspecified atom stereocenters. The largest absolute Gasteiger partial charge is 0.465 e. The van der Waals surface area contributed by atoms with Crippen molar-refractivity contribution in [1.29, 1.82) is 0 Å². The molecule has 0 bridgehead atoms. The molecule has 144 valence electrons. The lowest BCUT2D eigenvalue weighted by atomic mass is 10.0. The van der Waals surface area contributed by atoms with Crippen molar-refractivity contribution in [3.05, 3.63) is 51.3 Å². The third-order valence-electron chi connectivity index (χ3n) is 4.10. The molecule has 0 saturated carbocycles. The Labute approximate surface area is 162 Å². The molecule has 2 amide bonds. The molecule has 0 aliphatic heterocycles. The number of halogens is 1. The third kappa shape index (κ3) is 4.31. The molecule has 1 aromatic heterocycles. The zero-order valence-corrected chi connectivity index (χ0v) is 16.4. The number of hydrogen-bond donors (Lipinski definition) is 3. The van der Waals surface area contributed by atoms with Gasteiger partial charge in [-0.3, -0.25) is 9.59 Å². The molecule has 0 radical (unpaired) electrons. The molecule has 0 spiro atoms. The summed E-state index contributed by atoms with van der Waals surface area (Å²) in [6.45, 7) is 3.67. The van der Waals surface area contributed by atoms with Gasteiger partial charge in [0.25, 0.3) is 11.8 Å². The molecule has 7 nitrogen and oxygen atoms in total. The summed E-state index contributed by atoms with van der Waals surface area (Å²) in [6.07, 6.45) is 1.30. The molecule has 2 aromatic rings. The molecular weight excluding hydrogens is 370 g/mol. The Bertz CT molecular complexity index is 889. The summed E-state index contributed by atoms with van der Waals surface area (Å²) in [5.74, 6) is -1.26. The lowest BCUT2D eigenvalue weighted by Gasteiger charge is -2.09. The molecule has 8 heteroatoms. The second kappa shape index (κ2) is 8.73. The predicted molar refractivity (Wildman–Crippen MR) is 104 cm³/mol. The van der Waals surface area contributed by atoms with E-state index in [0.717, 1.165) is 6.42 Å². The summed E-state index contributed by atoms with van der Waals surface area (Å²) in [4.78, 5) is 39.7. The van der Waals surface area contributed by atoms with Crippen LogP contribution in [0.25, 0.3) is 0 Å². The van der Waals surface area contributed by atoms with Gasteiger partial charge in [0, 0.05) is 18.4 Å². The fourth-order valence-electron chi connectivity index (χ4n) is 2.85. The number of ether oxygens (including phenoxy) is 1. The van der Waals surface area contributed by atoms with Crippen LogP contribution in [-0.2, 0) is 11.2 Å². The number of methoxy groups -OCH3 is 1. The number of esters is 1. The van der Waals surface area contributed by atoms with Gasteiger partial charge < -0.3 is 20.4 Å². The third-order valence-corrected chi connectivity index (χ3v) is 4.43. The van der Waals surface area contributed by atoms with Crippen molar-refractivity contribution < 1.29 is 19.1 Å². The molecule has 1 heterocycles. The maximum Gasteiger partial charge on any atom is 0.339 e. The Morgan fingerprint density at radius 1 is 1.22 bits per heavy atom. The summed E-state index contributed by atoms with van der Waals surface area (Å²) in [5, 5.41) is 5.52. The van der Waals surface area contributed by atoms with Gasteiger partial charge in [0.05, 0.1) is 23.3 Å². The van der Waals surface area contributed by atoms with E-state index in [-0.39, 0.29) is 16.5 Å². The molecule has 2 rings (SSSR count). The van der Waals surface area contributed by atoms with E-state index >= 15 is 0 Å². The van der Waals surface area contributed by atoms with Crippen LogP contribution in [0.3, 0.4) is 0 Å². The van der Waals surface area contributed by atoms with Crippen molar-refractivity contribution in [1.82, 2.24) is 10.3 Å². The van der Waals surface area contributed by atoms with Gasteiger partial charge in [0.1, 0.15) is 5.69 Å². The Hall–Kier alpha value is -2.80. The number of hydrogen-bond acceptors (Lipinski definition) is 4. The summed E-state index contributed by atoms with van der Waals surface area (Å²) in [6, 6.07) is 4.63. The van der Waals surface area contributed by atoms with Gasteiger partial charge in [-0.1, -0.05) is 24.9 Å². The zero-order valence-electron chi connectivity index (χ0n) is 15.7. The quantitative estimate of drug-likeness (QED) is 0.657. The number of nitrogens with one attached hydrogen (secondary N) is 3. The van der Waals surface area contributed by atoms with E-state index in [4.69, 9.17) is 16.3 Å². The van der Waals surface area contributed by atoms with Crippen LogP contribution in [0.5, 0.6) is 0 Å². The van der Waals surface area contributed by atoms with Crippen LogP contribution in [0.15, 0.2) is 18.2 Å². The number of H-pyrrole nitrogens is 1. The minimum Gasteiger partial charge on any atom is -0.465 e. The summed E-state index contributed by atoms with van der Waals surface area (Å²) >= 11 is 6.03. The number of benzene rings is 1. The van der Waals surface area contributed by atoms with Crippen molar-refractivity contribution >= 4 is 35.1 Å². The van der Waals surface area contributed by atoms with Gasteiger partial charge in [0.15, 0.2) is 0 Å². The first kappa shape index (κ1) is 20.5. The number of aryl methyl sites for hydroxylation is 1. The lowest BCUT2D eigenvalue weighted by molar-refractivity contribution is 0.0598. The lowest BCUT2D eigenvalue weighted by Crippen LogP contribution is -2.19. The molecule has 1 aromatic carbocycles. The van der Waals surface area contributed by atoms with E-state index in [1.165, 1.54) is 26.3 Å². The first-order valence-electron chi connectivity index (χ1n) is 8.46. The van der Waals surface area contributed by atoms with Gasteiger partial charge in [-0.2, -0.15) is 0 Å². The van der Waals surface area contributed by atoms with Crippen LogP contribution in [0.2, 0.25) is 5.02 Å². The fraction of sp³-hybridized carbons (Fsp3) is 0.316. The minimum atomic E-state index is -0.486. The topological polar surface area (TPSA) is 100 Å². The number of aromatic nitrogens is 1. The van der Waals surface area contributed by atoms with E-state index in [1.807, 2.05) is 6.92 Å². The van der Waals surface area contributed by atoms with Crippen LogP contribution in [0, 0.1) is 6.92 Å². The van der Waals surface area contributed by atoms with Crippen LogP contribution in [-0.4, -0.2) is 36.9 Å². The van der Waals surface area contributed by atoms with Crippen LogP contribution in [0.1, 0.15) is 55.8 Å². The molecule has 0 atom stereocenters.